The lowest BCUT2D eigenvalue weighted by atomic mass is 10.0. The van der Waals surface area contributed by atoms with Crippen LogP contribution in [0, 0.1) is 13.8 Å². The number of carbonyl (C=O) groups excluding carboxylic acids is 1. The Balaban J connectivity index is 1.47. The third-order valence-corrected chi connectivity index (χ3v) is 9.28. The van der Waals surface area contributed by atoms with Gasteiger partial charge in [-0.3, -0.25) is 9.69 Å². The summed E-state index contributed by atoms with van der Waals surface area (Å²) in [6.07, 6.45) is 1.80. The molecule has 194 valence electrons. The lowest BCUT2D eigenvalue weighted by Gasteiger charge is -2.26. The summed E-state index contributed by atoms with van der Waals surface area (Å²) in [4.78, 5) is 18.8. The summed E-state index contributed by atoms with van der Waals surface area (Å²) in [6.45, 7) is 8.08. The summed E-state index contributed by atoms with van der Waals surface area (Å²) < 4.78 is 32.0. The summed E-state index contributed by atoms with van der Waals surface area (Å²) in [5.74, 6) is -0.620. The second-order valence-corrected chi connectivity index (χ2v) is 12.1. The Morgan fingerprint density at radius 1 is 1.05 bits per heavy atom. The molecule has 0 radical (unpaired) electrons. The number of benzene rings is 2. The predicted molar refractivity (Wildman–Crippen MR) is 147 cm³/mol. The van der Waals surface area contributed by atoms with E-state index in [0.29, 0.717) is 32.4 Å². The van der Waals surface area contributed by atoms with E-state index in [1.165, 1.54) is 11.6 Å². The number of morpholine rings is 1. The molecule has 5 rings (SSSR count). The molecule has 0 unspecified atom stereocenters. The maximum atomic E-state index is 13.3. The van der Waals surface area contributed by atoms with Gasteiger partial charge < -0.3 is 15.0 Å². The minimum Gasteiger partial charge on any atom is -0.379 e. The molecule has 1 amide bonds. The van der Waals surface area contributed by atoms with Gasteiger partial charge in [0.1, 0.15) is 0 Å². The zero-order valence-corrected chi connectivity index (χ0v) is 22.9. The monoisotopic (exact) mass is 559 g/mol. The van der Waals surface area contributed by atoms with E-state index < -0.39 is 9.84 Å². The van der Waals surface area contributed by atoms with Crippen molar-refractivity contribution < 1.29 is 17.9 Å². The molecule has 1 fully saturated rings. The summed E-state index contributed by atoms with van der Waals surface area (Å²) >= 11 is 12.4. The molecule has 2 N–H and O–H groups in total. The number of ether oxygens (including phenoxy) is 1. The van der Waals surface area contributed by atoms with Crippen LogP contribution >= 0.6 is 23.2 Å². The fraction of sp³-hybridized carbons (Fsp3) is 0.296. The number of anilines is 1. The molecule has 2 aliphatic rings. The Kier molecular flexibility index (Phi) is 7.22. The third kappa shape index (κ3) is 5.22. The van der Waals surface area contributed by atoms with Crippen LogP contribution in [-0.2, 0) is 31.7 Å². The van der Waals surface area contributed by atoms with Gasteiger partial charge in [-0.15, -0.1) is 0 Å². The number of sulfone groups is 1. The first-order chi connectivity index (χ1) is 17.6. The molecule has 3 aromatic rings. The number of rotatable bonds is 6. The minimum absolute atomic E-state index is 0.0945. The molecule has 2 aliphatic heterocycles. The standard InChI is InChI=1S/C27H27Cl2N3O4S/c1-16-21(14-32-8-10-36-11-9-32)17(2)30-26(16)13-20-19-12-18(6-7-25(19)31-27(20)33)37(34,35)15-22-23(28)4-3-5-24(22)29/h3-7,12-13,30H,8-11,14-15H2,1-2H3,(H,31,33). The summed E-state index contributed by atoms with van der Waals surface area (Å²) in [5, 5.41) is 3.42. The van der Waals surface area contributed by atoms with Crippen molar-refractivity contribution in [3.05, 3.63) is 80.1 Å². The molecule has 1 saturated heterocycles. The molecule has 7 nitrogen and oxygen atoms in total. The zero-order chi connectivity index (χ0) is 26.3. The van der Waals surface area contributed by atoms with Crippen molar-refractivity contribution in [1.29, 1.82) is 0 Å². The van der Waals surface area contributed by atoms with Crippen LogP contribution in [0.2, 0.25) is 10.0 Å². The van der Waals surface area contributed by atoms with E-state index in [1.807, 2.05) is 13.8 Å². The van der Waals surface area contributed by atoms with Gasteiger partial charge in [-0.1, -0.05) is 29.3 Å². The highest BCUT2D eigenvalue weighted by atomic mass is 35.5. The van der Waals surface area contributed by atoms with Gasteiger partial charge >= 0.3 is 0 Å². The first kappa shape index (κ1) is 26.0. The van der Waals surface area contributed by atoms with Crippen molar-refractivity contribution in [2.45, 2.75) is 31.0 Å². The second-order valence-electron chi connectivity index (χ2n) is 9.33. The fourth-order valence-electron chi connectivity index (χ4n) is 4.77. The van der Waals surface area contributed by atoms with Gasteiger partial charge in [-0.05, 0) is 61.4 Å². The number of aromatic nitrogens is 1. The molecule has 3 heterocycles. The number of fused-ring (bicyclic) bond motifs is 1. The number of H-pyrrole nitrogens is 1. The number of aromatic amines is 1. The highest BCUT2D eigenvalue weighted by Gasteiger charge is 2.28. The highest BCUT2D eigenvalue weighted by molar-refractivity contribution is 7.90. The van der Waals surface area contributed by atoms with Crippen LogP contribution in [0.3, 0.4) is 0 Å². The van der Waals surface area contributed by atoms with Gasteiger partial charge in [0, 0.05) is 57.9 Å². The summed E-state index contributed by atoms with van der Waals surface area (Å²) in [7, 11) is -3.78. The van der Waals surface area contributed by atoms with E-state index in [-0.39, 0.29) is 16.6 Å². The van der Waals surface area contributed by atoms with Crippen LogP contribution in [0.25, 0.3) is 11.6 Å². The Morgan fingerprint density at radius 3 is 2.46 bits per heavy atom. The number of carbonyl (C=O) groups is 1. The summed E-state index contributed by atoms with van der Waals surface area (Å²) in [6, 6.07) is 9.54. The van der Waals surface area contributed by atoms with E-state index in [4.69, 9.17) is 27.9 Å². The smallest absolute Gasteiger partial charge is 0.256 e. The molecular formula is C27H27Cl2N3O4S. The van der Waals surface area contributed by atoms with Crippen LogP contribution in [0.5, 0.6) is 0 Å². The third-order valence-electron chi connectivity index (χ3n) is 6.93. The van der Waals surface area contributed by atoms with Crippen molar-refractivity contribution in [3.63, 3.8) is 0 Å². The SMILES string of the molecule is Cc1[nH]c(C=C2C(=O)Nc3ccc(S(=O)(=O)Cc4c(Cl)cccc4Cl)cc32)c(C)c1CN1CCOCC1. The molecule has 37 heavy (non-hydrogen) atoms. The van der Waals surface area contributed by atoms with Crippen LogP contribution in [0.1, 0.15) is 33.6 Å². The number of halogens is 2. The molecule has 0 saturated carbocycles. The first-order valence-corrected chi connectivity index (χ1v) is 14.4. The lowest BCUT2D eigenvalue weighted by molar-refractivity contribution is -0.110. The topological polar surface area (TPSA) is 91.5 Å². The van der Waals surface area contributed by atoms with Gasteiger partial charge in [0.2, 0.25) is 0 Å². The Morgan fingerprint density at radius 2 is 1.76 bits per heavy atom. The molecule has 10 heteroatoms. The van der Waals surface area contributed by atoms with Crippen molar-refractivity contribution in [2.75, 3.05) is 31.6 Å². The highest BCUT2D eigenvalue weighted by Crippen LogP contribution is 2.37. The average Bonchev–Trinajstić information content (AvgIpc) is 3.32. The number of amides is 1. The van der Waals surface area contributed by atoms with Gasteiger partial charge in [0.05, 0.1) is 29.4 Å². The number of nitrogens with one attached hydrogen (secondary N) is 2. The maximum absolute atomic E-state index is 13.3. The minimum atomic E-state index is -3.78. The normalized spacial score (nSPS) is 17.3. The van der Waals surface area contributed by atoms with Crippen molar-refractivity contribution >= 4 is 56.3 Å². The zero-order valence-electron chi connectivity index (χ0n) is 20.5. The molecule has 1 aromatic heterocycles. The number of nitrogens with zero attached hydrogens (tertiary/aromatic N) is 1. The quantitative estimate of drug-likeness (QED) is 0.403. The largest absolute Gasteiger partial charge is 0.379 e. The molecule has 0 aliphatic carbocycles. The van der Waals surface area contributed by atoms with Crippen LogP contribution in [0.4, 0.5) is 5.69 Å². The van der Waals surface area contributed by atoms with E-state index in [0.717, 1.165) is 49.8 Å². The Labute approximate surface area is 226 Å². The average molecular weight is 561 g/mol. The lowest BCUT2D eigenvalue weighted by Crippen LogP contribution is -2.35. The predicted octanol–water partition coefficient (Wildman–Crippen LogP) is 5.24. The molecule has 0 atom stereocenters. The Bertz CT molecular complexity index is 1500. The fourth-order valence-corrected chi connectivity index (χ4v) is 6.89. The van der Waals surface area contributed by atoms with E-state index in [1.54, 1.807) is 36.4 Å². The van der Waals surface area contributed by atoms with Crippen molar-refractivity contribution in [3.8, 4) is 0 Å². The van der Waals surface area contributed by atoms with Gasteiger partial charge in [0.25, 0.3) is 5.91 Å². The van der Waals surface area contributed by atoms with E-state index in [9.17, 15) is 13.2 Å². The van der Waals surface area contributed by atoms with Crippen LogP contribution < -0.4 is 5.32 Å². The maximum Gasteiger partial charge on any atom is 0.256 e. The van der Waals surface area contributed by atoms with Crippen LogP contribution in [-0.4, -0.2) is 50.5 Å². The molecular weight excluding hydrogens is 533 g/mol. The van der Waals surface area contributed by atoms with Crippen molar-refractivity contribution in [1.82, 2.24) is 9.88 Å². The molecule has 0 bridgehead atoms. The Hall–Kier alpha value is -2.62. The van der Waals surface area contributed by atoms with Gasteiger partial charge in [-0.2, -0.15) is 0 Å². The van der Waals surface area contributed by atoms with E-state index in [2.05, 4.69) is 15.2 Å². The first-order valence-electron chi connectivity index (χ1n) is 12.0. The number of aryl methyl sites for hydroxylation is 1. The van der Waals surface area contributed by atoms with Crippen molar-refractivity contribution in [2.24, 2.45) is 0 Å². The van der Waals surface area contributed by atoms with Crippen LogP contribution in [0.15, 0.2) is 41.3 Å². The molecule has 0 spiro atoms. The van der Waals surface area contributed by atoms with Gasteiger partial charge in [0.15, 0.2) is 9.84 Å². The number of hydrogen-bond donors (Lipinski definition) is 2. The summed E-state index contributed by atoms with van der Waals surface area (Å²) in [5.41, 5.74) is 6.00. The van der Waals surface area contributed by atoms with Gasteiger partial charge in [-0.25, -0.2) is 8.42 Å². The van der Waals surface area contributed by atoms with E-state index >= 15 is 0 Å². The number of hydrogen-bond acceptors (Lipinski definition) is 5. The second kappa shape index (κ2) is 10.3. The molecule has 2 aromatic carbocycles.